The number of aromatic hydroxyl groups is 1. The molecule has 5 atom stereocenters. The third-order valence-corrected chi connectivity index (χ3v) is 25.5. The molecule has 708 valence electrons. The highest BCUT2D eigenvalue weighted by Crippen LogP contribution is 2.44. The molecule has 3 saturated heterocycles. The van der Waals surface area contributed by atoms with Gasteiger partial charge in [0.25, 0.3) is 0 Å². The summed E-state index contributed by atoms with van der Waals surface area (Å²) in [6, 6.07) is 13.9. The molecule has 3 amide bonds. The number of fused-ring (bicyclic) bond motifs is 6. The van der Waals surface area contributed by atoms with Gasteiger partial charge in [0.2, 0.25) is 17.7 Å². The van der Waals surface area contributed by atoms with E-state index in [2.05, 4.69) is 64.6 Å². The summed E-state index contributed by atoms with van der Waals surface area (Å²) < 4.78 is 103. The summed E-state index contributed by atoms with van der Waals surface area (Å²) >= 11 is 0. The Morgan fingerprint density at radius 1 is 0.401 bits per heavy atom. The highest BCUT2D eigenvalue weighted by Gasteiger charge is 2.40. The minimum absolute atomic E-state index is 0.00271. The van der Waals surface area contributed by atoms with E-state index in [-0.39, 0.29) is 150 Å². The number of phenols is 1. The number of anilines is 5. The first-order valence-electron chi connectivity index (χ1n) is 44.6. The van der Waals surface area contributed by atoms with Crippen molar-refractivity contribution in [3.05, 3.63) is 230 Å². The van der Waals surface area contributed by atoms with Gasteiger partial charge in [-0.1, -0.05) is 79.5 Å². The van der Waals surface area contributed by atoms with Crippen LogP contribution in [0.25, 0.3) is 117 Å². The lowest BCUT2D eigenvalue weighted by Crippen LogP contribution is -2.58. The van der Waals surface area contributed by atoms with Crippen LogP contribution >= 0.6 is 0 Å². The number of aromatic nitrogens is 18. The second kappa shape index (κ2) is 36.7. The fraction of sp³-hybridized carbons (Fsp3) is 0.327. The molecule has 18 rings (SSSR count). The predicted octanol–water partition coefficient (Wildman–Crippen LogP) is 13.6. The lowest BCUT2D eigenvalue weighted by molar-refractivity contribution is -0.129. The Morgan fingerprint density at radius 2 is 0.715 bits per heavy atom. The van der Waals surface area contributed by atoms with Crippen LogP contribution in [0, 0.1) is 55.7 Å². The van der Waals surface area contributed by atoms with Gasteiger partial charge < -0.3 is 59.7 Å². The standard InChI is InChI=1S/2C33H35F2N9O2.C32H32F2N8O3/c2*1-8-24(45)42-13-18(5)43(14-17(42)4)30-20-12-22(35)27(26-21(34)10-9-11-23(26)36)39-31(20)44(33(46)40-30)29-19(6)38-32-28(25(29)16(2)3)37-15-41(32)7;1-7-23(44)40-11-12-41(17(4)14-40)29-19-13-21(34)26(25-20(33)9-8-10-22(25)43)37-30(19)42(32(45)38-29)28-18(5)36-31-27(24(28)16(2)3)35-15-39(31)6/h2*8-12,15-18H,1,13-14,36H2,2-7H3;7-10,13,15-17,43H,1,11-12,14H2,2-6H3/t2*17-,18+;17-/m110/s1. The van der Waals surface area contributed by atoms with E-state index in [4.69, 9.17) is 26.4 Å². The molecule has 0 saturated carbocycles. The summed E-state index contributed by atoms with van der Waals surface area (Å²) in [4.78, 5) is 146. The monoisotopic (exact) mass is 1870 g/mol. The number of carbonyl (C=O) groups excluding carboxylic acids is 3. The molecular weight excluding hydrogens is 1770 g/mol. The zero-order chi connectivity index (χ0) is 98.7. The van der Waals surface area contributed by atoms with E-state index in [1.165, 1.54) is 92.6 Å². The summed E-state index contributed by atoms with van der Waals surface area (Å²) in [6.45, 7) is 39.6. The summed E-state index contributed by atoms with van der Waals surface area (Å²) in [5.74, 6) is -5.89. The summed E-state index contributed by atoms with van der Waals surface area (Å²) in [7, 11) is 5.50. The maximum Gasteiger partial charge on any atom is 0.355 e. The van der Waals surface area contributed by atoms with Gasteiger partial charge in [0, 0.05) is 125 Å². The van der Waals surface area contributed by atoms with Gasteiger partial charge in [0.1, 0.15) is 74.3 Å². The number of amides is 3. The van der Waals surface area contributed by atoms with Crippen LogP contribution in [-0.2, 0) is 35.5 Å². The second-order valence-electron chi connectivity index (χ2n) is 35.8. The third kappa shape index (κ3) is 16.4. The number of imidazole rings is 3. The number of hydrogen-bond acceptors (Lipinski definition) is 24. The van der Waals surface area contributed by atoms with Crippen LogP contribution in [0.4, 0.5) is 55.2 Å². The van der Waals surface area contributed by atoms with Crippen molar-refractivity contribution < 1.29 is 45.8 Å². The number of nitrogens with two attached hydrogens (primary N) is 2. The number of benzene rings is 3. The Bertz CT molecular complexity index is 7390. The zero-order valence-electron chi connectivity index (χ0n) is 78.6. The molecule has 137 heavy (non-hydrogen) atoms. The quantitative estimate of drug-likeness (QED) is 0.0487. The summed E-state index contributed by atoms with van der Waals surface area (Å²) in [5.41, 5.74) is 16.9. The number of aryl methyl sites for hydroxylation is 6. The fourth-order valence-corrected chi connectivity index (χ4v) is 19.0. The number of rotatable bonds is 15. The van der Waals surface area contributed by atoms with Crippen molar-refractivity contribution in [2.24, 2.45) is 21.1 Å². The number of nitrogen functional groups attached to an aromatic ring is 2. The number of nitrogens with zero attached hydrogens (tertiary/aromatic N) is 24. The van der Waals surface area contributed by atoms with E-state index in [1.54, 1.807) is 68.2 Å². The van der Waals surface area contributed by atoms with Crippen molar-refractivity contribution in [1.29, 1.82) is 0 Å². The number of pyridine rings is 6. The maximum atomic E-state index is 16.1. The molecule has 15 heterocycles. The minimum Gasteiger partial charge on any atom is -0.507 e. The molecule has 5 N–H and O–H groups in total. The van der Waals surface area contributed by atoms with E-state index in [0.717, 1.165) is 23.3 Å². The summed E-state index contributed by atoms with van der Waals surface area (Å²) in [6.07, 6.45) is 8.73. The van der Waals surface area contributed by atoms with Crippen LogP contribution in [0.1, 0.15) is 128 Å². The lowest BCUT2D eigenvalue weighted by Gasteiger charge is -2.44. The molecule has 0 radical (unpaired) electrons. The lowest BCUT2D eigenvalue weighted by atomic mass is 9.99. The second-order valence-corrected chi connectivity index (χ2v) is 35.8. The number of hydrogen-bond donors (Lipinski definition) is 3. The molecule has 12 aromatic heterocycles. The number of halogens is 6. The molecular formula is C98H102F6N26O7. The minimum atomic E-state index is -0.914. The van der Waals surface area contributed by atoms with Crippen molar-refractivity contribution in [3.8, 4) is 56.6 Å². The van der Waals surface area contributed by atoms with Gasteiger partial charge in [0.15, 0.2) is 51.3 Å². The first-order chi connectivity index (χ1) is 65.1. The van der Waals surface area contributed by atoms with E-state index in [0.29, 0.717) is 119 Å². The van der Waals surface area contributed by atoms with E-state index in [9.17, 15) is 33.9 Å². The summed E-state index contributed by atoms with van der Waals surface area (Å²) in [5, 5.41) is 11.2. The topological polar surface area (TPSA) is 378 Å². The number of phenolic OH excluding ortho intramolecular Hbond substituents is 1. The molecule has 3 fully saturated rings. The Labute approximate surface area is 781 Å². The van der Waals surface area contributed by atoms with Gasteiger partial charge in [0.05, 0.1) is 86.0 Å². The molecule has 0 aliphatic carbocycles. The highest BCUT2D eigenvalue weighted by molar-refractivity contribution is 5.97. The molecule has 0 spiro atoms. The van der Waals surface area contributed by atoms with Crippen LogP contribution in [-0.4, -0.2) is 201 Å². The van der Waals surface area contributed by atoms with E-state index >= 15 is 26.3 Å². The Morgan fingerprint density at radius 3 is 1.03 bits per heavy atom. The molecule has 33 nitrogen and oxygen atoms in total. The van der Waals surface area contributed by atoms with E-state index < -0.39 is 69.0 Å². The highest BCUT2D eigenvalue weighted by atomic mass is 19.1. The molecule has 39 heteroatoms. The Hall–Kier alpha value is -15.6. The zero-order valence-corrected chi connectivity index (χ0v) is 78.6. The molecule has 0 unspecified atom stereocenters. The largest absolute Gasteiger partial charge is 0.507 e. The van der Waals surface area contributed by atoms with Crippen molar-refractivity contribution in [2.75, 3.05) is 72.0 Å². The van der Waals surface area contributed by atoms with Gasteiger partial charge >= 0.3 is 17.1 Å². The van der Waals surface area contributed by atoms with E-state index in [1.807, 2.05) is 112 Å². The van der Waals surface area contributed by atoms with Crippen LogP contribution in [0.5, 0.6) is 5.75 Å². The molecule has 15 aromatic rings. The first kappa shape index (κ1) is 94.6. The van der Waals surface area contributed by atoms with Crippen LogP contribution in [0.2, 0.25) is 0 Å². The van der Waals surface area contributed by atoms with Gasteiger partial charge in [-0.2, -0.15) is 15.0 Å². The fourth-order valence-electron chi connectivity index (χ4n) is 19.0. The van der Waals surface area contributed by atoms with Crippen LogP contribution in [0.15, 0.2) is 144 Å². The van der Waals surface area contributed by atoms with Crippen molar-refractivity contribution in [3.63, 3.8) is 0 Å². The Kier molecular flexibility index (Phi) is 25.3. The number of piperazine rings is 3. The molecule has 3 aliphatic heterocycles. The maximum absolute atomic E-state index is 16.1. The van der Waals surface area contributed by atoms with Gasteiger partial charge in [-0.15, -0.1) is 0 Å². The van der Waals surface area contributed by atoms with Gasteiger partial charge in [-0.25, -0.2) is 99.3 Å². The van der Waals surface area contributed by atoms with Crippen LogP contribution in [0.3, 0.4) is 0 Å². The normalized spacial score (nSPS) is 16.5. The first-order valence-corrected chi connectivity index (χ1v) is 44.6. The average Bonchev–Trinajstić information content (AvgIpc) is 1.69. The third-order valence-electron chi connectivity index (χ3n) is 25.5. The SMILES string of the molecule is C=CC(=O)N1CCN(c2nc(=O)n(-c3c(C)nc4c(ncn4C)c3C(C)C)c3nc(-c4c(O)cccc4F)c(F)cc23)[C@@H](C)C1.C=CC(=O)N1C[C@H](C)N(c2nc(=O)n(-c3c(C)nc4c(ncn4C)c3C(C)C)c3nc(-c4c(N)cccc4F)c(F)cc23)C[C@H]1C.C=CC(=O)N1C[C@H](C)N(c2nc(=O)n(-c3c(C)nc4c(ncn4C)c3C(C)C)c3nc(-c4c(N)cccc4F)c(F)cc23)C[C@H]1C. The molecule has 0 bridgehead atoms. The molecule has 3 aromatic carbocycles. The van der Waals surface area contributed by atoms with Gasteiger partial charge in [-0.05, 0) is 146 Å². The molecule has 3 aliphatic rings. The van der Waals surface area contributed by atoms with Crippen molar-refractivity contribution >= 4 is 113 Å². The predicted molar refractivity (Wildman–Crippen MR) is 515 cm³/mol. The van der Waals surface area contributed by atoms with Crippen molar-refractivity contribution in [2.45, 2.75) is 145 Å². The Balaban J connectivity index is 0.000000149. The van der Waals surface area contributed by atoms with Crippen LogP contribution < -0.4 is 43.2 Å². The number of carbonyl (C=O) groups is 3. The van der Waals surface area contributed by atoms with Gasteiger partial charge in [-0.3, -0.25) is 14.4 Å². The smallest absolute Gasteiger partial charge is 0.355 e. The average molecular weight is 1870 g/mol. The van der Waals surface area contributed by atoms with Crippen molar-refractivity contribution in [1.82, 2.24) is 102 Å².